The van der Waals surface area contributed by atoms with Gasteiger partial charge in [-0.1, -0.05) is 6.07 Å². The number of amides is 1. The van der Waals surface area contributed by atoms with Crippen LogP contribution < -0.4 is 10.6 Å². The molecule has 3 atom stereocenters. The molecule has 24 heavy (non-hydrogen) atoms. The molecule has 2 aliphatic heterocycles. The highest BCUT2D eigenvalue weighted by atomic mass is 79.9. The molecule has 6 nitrogen and oxygen atoms in total. The number of aromatic nitrogens is 1. The molecule has 130 valence electrons. The zero-order valence-electron chi connectivity index (χ0n) is 13.8. The lowest BCUT2D eigenvalue weighted by atomic mass is 9.98. The number of ether oxygens (including phenoxy) is 1. The molecule has 0 aromatic carbocycles. The first kappa shape index (κ1) is 16.4. The van der Waals surface area contributed by atoms with Crippen molar-refractivity contribution < 1.29 is 9.53 Å². The lowest BCUT2D eigenvalue weighted by Gasteiger charge is -2.30. The monoisotopic (exact) mass is 394 g/mol. The molecular weight excluding hydrogens is 372 g/mol. The largest absolute Gasteiger partial charge is 0.379 e. The van der Waals surface area contributed by atoms with Gasteiger partial charge in [0.25, 0.3) is 0 Å². The summed E-state index contributed by atoms with van der Waals surface area (Å²) in [7, 11) is 0. The summed E-state index contributed by atoms with van der Waals surface area (Å²) in [5, 5.41) is 6.48. The lowest BCUT2D eigenvalue weighted by molar-refractivity contribution is -0.118. The fourth-order valence-electron chi connectivity index (χ4n) is 3.96. The van der Waals surface area contributed by atoms with E-state index in [0.717, 1.165) is 49.4 Å². The number of hydrogen-bond donors (Lipinski definition) is 2. The number of halogens is 1. The van der Waals surface area contributed by atoms with Crippen molar-refractivity contribution in [1.29, 1.82) is 0 Å². The quantitative estimate of drug-likeness (QED) is 0.758. The van der Waals surface area contributed by atoms with Crippen molar-refractivity contribution in [2.45, 2.75) is 31.8 Å². The lowest BCUT2D eigenvalue weighted by Crippen LogP contribution is -2.41. The van der Waals surface area contributed by atoms with Crippen molar-refractivity contribution in [2.75, 3.05) is 38.2 Å². The topological polar surface area (TPSA) is 66.5 Å². The van der Waals surface area contributed by atoms with E-state index in [2.05, 4.69) is 36.4 Å². The number of morpholine rings is 1. The number of carbonyl (C=O) groups excluding carboxylic acids is 1. The van der Waals surface area contributed by atoms with Crippen LogP contribution in [-0.2, 0) is 9.53 Å². The fourth-order valence-corrected chi connectivity index (χ4v) is 4.27. The molecule has 2 N–H and O–H groups in total. The molecule has 2 unspecified atom stereocenters. The van der Waals surface area contributed by atoms with Crippen LogP contribution in [0.2, 0.25) is 0 Å². The average molecular weight is 395 g/mol. The maximum Gasteiger partial charge on any atom is 0.242 e. The summed E-state index contributed by atoms with van der Waals surface area (Å²) in [6, 6.07) is 4.19. The van der Waals surface area contributed by atoms with E-state index in [1.807, 2.05) is 19.1 Å². The third-order valence-electron chi connectivity index (χ3n) is 5.47. The van der Waals surface area contributed by atoms with E-state index in [1.165, 1.54) is 6.42 Å². The van der Waals surface area contributed by atoms with Gasteiger partial charge in [0.05, 0.1) is 19.3 Å². The predicted octanol–water partition coefficient (Wildman–Crippen LogP) is 1.54. The van der Waals surface area contributed by atoms with Crippen molar-refractivity contribution in [1.82, 2.24) is 15.2 Å². The van der Waals surface area contributed by atoms with E-state index in [1.54, 1.807) is 0 Å². The number of pyridine rings is 1. The second-order valence-electron chi connectivity index (χ2n) is 7.22. The molecule has 1 aromatic heterocycles. The molecule has 1 amide bonds. The molecule has 0 spiro atoms. The van der Waals surface area contributed by atoms with Gasteiger partial charge in [0.2, 0.25) is 5.91 Å². The van der Waals surface area contributed by atoms with Crippen LogP contribution in [0.3, 0.4) is 0 Å². The van der Waals surface area contributed by atoms with Gasteiger partial charge >= 0.3 is 0 Å². The maximum atomic E-state index is 12.6. The van der Waals surface area contributed by atoms with Gasteiger partial charge in [0, 0.05) is 31.1 Å². The summed E-state index contributed by atoms with van der Waals surface area (Å²) >= 11 is 3.36. The highest BCUT2D eigenvalue weighted by molar-refractivity contribution is 9.10. The number of nitrogens with one attached hydrogen (secondary N) is 2. The number of aryl methyl sites for hydroxylation is 1. The van der Waals surface area contributed by atoms with E-state index in [0.29, 0.717) is 11.9 Å². The Bertz CT molecular complexity index is 649. The van der Waals surface area contributed by atoms with Gasteiger partial charge < -0.3 is 15.4 Å². The molecule has 0 bridgehead atoms. The SMILES string of the molecule is Cc1ccc(Br)nc1NC(=O)[C@@H]1CC2(CN3CCOCC3)CC2N1. The Hall–Kier alpha value is -1.02. The number of piperidine rings is 1. The first-order valence-electron chi connectivity index (χ1n) is 8.56. The predicted molar refractivity (Wildman–Crippen MR) is 94.9 cm³/mol. The minimum atomic E-state index is -0.120. The molecule has 3 fully saturated rings. The second kappa shape index (κ2) is 6.37. The van der Waals surface area contributed by atoms with Crippen LogP contribution >= 0.6 is 15.9 Å². The van der Waals surface area contributed by atoms with Gasteiger partial charge in [-0.25, -0.2) is 4.98 Å². The van der Waals surface area contributed by atoms with E-state index >= 15 is 0 Å². The fraction of sp³-hybridized carbons (Fsp3) is 0.647. The third kappa shape index (κ3) is 3.22. The van der Waals surface area contributed by atoms with Crippen LogP contribution in [0, 0.1) is 12.3 Å². The van der Waals surface area contributed by atoms with Crippen LogP contribution in [0.5, 0.6) is 0 Å². The van der Waals surface area contributed by atoms with Gasteiger partial charge in [-0.2, -0.15) is 0 Å². The molecule has 4 rings (SSSR count). The van der Waals surface area contributed by atoms with E-state index in [4.69, 9.17) is 4.74 Å². The number of carbonyl (C=O) groups is 1. The van der Waals surface area contributed by atoms with Gasteiger partial charge in [0.1, 0.15) is 10.4 Å². The molecular formula is C17H23BrN4O2. The van der Waals surface area contributed by atoms with Crippen LogP contribution in [0.15, 0.2) is 16.7 Å². The Labute approximate surface area is 150 Å². The minimum absolute atomic E-state index is 0.0252. The van der Waals surface area contributed by atoms with E-state index in [-0.39, 0.29) is 17.4 Å². The number of anilines is 1. The minimum Gasteiger partial charge on any atom is -0.379 e. The van der Waals surface area contributed by atoms with Gasteiger partial charge in [-0.05, 0) is 47.3 Å². The number of rotatable bonds is 4. The molecule has 7 heteroatoms. The third-order valence-corrected chi connectivity index (χ3v) is 5.91. The van der Waals surface area contributed by atoms with Crippen molar-refractivity contribution in [2.24, 2.45) is 5.41 Å². The second-order valence-corrected chi connectivity index (χ2v) is 8.03. The first-order valence-corrected chi connectivity index (χ1v) is 9.35. The van der Waals surface area contributed by atoms with Crippen LogP contribution in [0.4, 0.5) is 5.82 Å². The average Bonchev–Trinajstić information content (AvgIpc) is 3.11. The normalized spacial score (nSPS) is 32.4. The van der Waals surface area contributed by atoms with Crippen LogP contribution in [-0.4, -0.2) is 60.7 Å². The maximum absolute atomic E-state index is 12.6. The van der Waals surface area contributed by atoms with E-state index < -0.39 is 0 Å². The molecule has 3 heterocycles. The molecule has 0 radical (unpaired) electrons. The Morgan fingerprint density at radius 1 is 1.46 bits per heavy atom. The Kier molecular flexibility index (Phi) is 4.36. The summed E-state index contributed by atoms with van der Waals surface area (Å²) in [5.41, 5.74) is 1.25. The molecule has 1 aromatic rings. The van der Waals surface area contributed by atoms with Crippen molar-refractivity contribution in [3.05, 3.63) is 22.3 Å². The number of hydrogen-bond acceptors (Lipinski definition) is 5. The molecule has 2 saturated heterocycles. The number of nitrogens with zero attached hydrogens (tertiary/aromatic N) is 2. The van der Waals surface area contributed by atoms with Crippen LogP contribution in [0.1, 0.15) is 18.4 Å². The Balaban J connectivity index is 1.36. The first-order chi connectivity index (χ1) is 11.6. The zero-order chi connectivity index (χ0) is 16.7. The summed E-state index contributed by atoms with van der Waals surface area (Å²) in [4.78, 5) is 19.5. The number of fused-ring (bicyclic) bond motifs is 1. The zero-order valence-corrected chi connectivity index (χ0v) is 15.4. The van der Waals surface area contributed by atoms with Crippen molar-refractivity contribution in [3.8, 4) is 0 Å². The van der Waals surface area contributed by atoms with Crippen molar-refractivity contribution >= 4 is 27.7 Å². The highest BCUT2D eigenvalue weighted by Gasteiger charge is 2.61. The summed E-state index contributed by atoms with van der Waals surface area (Å²) in [6.45, 7) is 6.69. The Morgan fingerprint density at radius 2 is 2.25 bits per heavy atom. The summed E-state index contributed by atoms with van der Waals surface area (Å²) in [6.07, 6.45) is 2.09. The van der Waals surface area contributed by atoms with Gasteiger partial charge in [0.15, 0.2) is 0 Å². The standard InChI is InChI=1S/C17H23BrN4O2/c1-11-2-3-14(18)20-15(11)21-16(23)12-8-17(9-13(17)19-12)10-22-4-6-24-7-5-22/h2-3,12-13,19H,4-10H2,1H3,(H,20,21,23)/t12-,13?,17?/m0/s1. The highest BCUT2D eigenvalue weighted by Crippen LogP contribution is 2.55. The summed E-state index contributed by atoms with van der Waals surface area (Å²) < 4.78 is 6.16. The summed E-state index contributed by atoms with van der Waals surface area (Å²) in [5.74, 6) is 0.663. The molecule has 3 aliphatic rings. The molecule has 1 saturated carbocycles. The van der Waals surface area contributed by atoms with Crippen LogP contribution in [0.25, 0.3) is 0 Å². The van der Waals surface area contributed by atoms with Gasteiger partial charge in [-0.15, -0.1) is 0 Å². The van der Waals surface area contributed by atoms with Crippen molar-refractivity contribution in [3.63, 3.8) is 0 Å². The smallest absolute Gasteiger partial charge is 0.242 e. The van der Waals surface area contributed by atoms with Gasteiger partial charge in [-0.3, -0.25) is 9.69 Å². The Morgan fingerprint density at radius 3 is 3.04 bits per heavy atom. The van der Waals surface area contributed by atoms with E-state index in [9.17, 15) is 4.79 Å². The molecule has 1 aliphatic carbocycles.